The molecule has 0 unspecified atom stereocenters. The molecule has 1 heterocycles. The molecule has 3 rings (SSSR count). The zero-order valence-corrected chi connectivity index (χ0v) is 19.1. The van der Waals surface area contributed by atoms with Crippen LogP contribution in [0.3, 0.4) is 0 Å². The second-order valence-electron chi connectivity index (χ2n) is 7.39. The lowest BCUT2D eigenvalue weighted by Crippen LogP contribution is -2.25. The minimum Gasteiger partial charge on any atom is -0.507 e. The number of hydrogen-bond acceptors (Lipinski definition) is 8. The molecule has 34 heavy (non-hydrogen) atoms. The van der Waals surface area contributed by atoms with Gasteiger partial charge in [-0.1, -0.05) is 35.3 Å². The number of nitrogens with one attached hydrogen (secondary N) is 2. The monoisotopic (exact) mass is 489 g/mol. The minimum atomic E-state index is -0.488. The van der Waals surface area contributed by atoms with Gasteiger partial charge in [0.2, 0.25) is 5.91 Å². The maximum absolute atomic E-state index is 12.9. The Labute approximate surface area is 200 Å². The van der Waals surface area contributed by atoms with Gasteiger partial charge in [-0.25, -0.2) is 5.48 Å². The van der Waals surface area contributed by atoms with Gasteiger partial charge in [-0.3, -0.25) is 14.8 Å². The van der Waals surface area contributed by atoms with Gasteiger partial charge in [0.1, 0.15) is 17.2 Å². The van der Waals surface area contributed by atoms with Crippen LogP contribution in [-0.4, -0.2) is 46.0 Å². The number of amides is 2. The number of carbonyl (C=O) groups excluding carboxylic acids is 2. The fraction of sp³-hybridized carbons (Fsp3) is 0.261. The van der Waals surface area contributed by atoms with Crippen molar-refractivity contribution >= 4 is 23.4 Å². The molecule has 0 saturated heterocycles. The van der Waals surface area contributed by atoms with Gasteiger partial charge in [0.15, 0.2) is 11.5 Å². The van der Waals surface area contributed by atoms with Crippen LogP contribution < -0.4 is 15.5 Å². The standard InChI is InChI=1S/C23H24ClN3O7/c1-33-14-8-6-13(7-9-14)20-21(23(31)25-10-4-2-3-5-19(30)26-32)27-34-22(20)15-11-16(24)18(29)12-17(15)28/h6-9,11-12,28-29,32H,2-5,10H2,1H3,(H,25,31)(H,26,30). The van der Waals surface area contributed by atoms with Gasteiger partial charge in [-0.2, -0.15) is 0 Å². The normalized spacial score (nSPS) is 10.7. The maximum Gasteiger partial charge on any atom is 0.274 e. The Kier molecular flexibility index (Phi) is 8.34. The molecular weight excluding hydrogens is 466 g/mol. The van der Waals surface area contributed by atoms with E-state index in [1.165, 1.54) is 13.2 Å². The Morgan fingerprint density at radius 3 is 2.50 bits per heavy atom. The third-order valence-corrected chi connectivity index (χ3v) is 5.39. The van der Waals surface area contributed by atoms with Crippen molar-refractivity contribution in [3.05, 3.63) is 47.1 Å². The first-order valence-corrected chi connectivity index (χ1v) is 10.8. The lowest BCUT2D eigenvalue weighted by atomic mass is 9.98. The molecule has 2 amide bonds. The number of ether oxygens (including phenoxy) is 1. The molecule has 2 aromatic carbocycles. The number of phenolic OH excluding ortho intramolecular Hbond substituents is 2. The van der Waals surface area contributed by atoms with Crippen LogP contribution in [0.2, 0.25) is 5.02 Å². The summed E-state index contributed by atoms with van der Waals surface area (Å²) in [6.07, 6.45) is 2.04. The van der Waals surface area contributed by atoms with Crippen LogP contribution in [0.5, 0.6) is 17.2 Å². The second kappa shape index (κ2) is 11.4. The van der Waals surface area contributed by atoms with Gasteiger partial charge < -0.3 is 24.8 Å². The van der Waals surface area contributed by atoms with E-state index in [9.17, 15) is 19.8 Å². The Bertz CT molecular complexity index is 1160. The fourth-order valence-electron chi connectivity index (χ4n) is 3.32. The number of methoxy groups -OCH3 is 1. The van der Waals surface area contributed by atoms with Crippen molar-refractivity contribution in [2.75, 3.05) is 13.7 Å². The van der Waals surface area contributed by atoms with Crippen LogP contribution >= 0.6 is 11.6 Å². The van der Waals surface area contributed by atoms with Gasteiger partial charge in [0.25, 0.3) is 5.91 Å². The smallest absolute Gasteiger partial charge is 0.274 e. The number of aromatic nitrogens is 1. The van der Waals surface area contributed by atoms with Crippen molar-refractivity contribution in [3.63, 3.8) is 0 Å². The second-order valence-corrected chi connectivity index (χ2v) is 7.79. The highest BCUT2D eigenvalue weighted by molar-refractivity contribution is 6.32. The summed E-state index contributed by atoms with van der Waals surface area (Å²) in [5.41, 5.74) is 2.65. The highest BCUT2D eigenvalue weighted by Gasteiger charge is 2.26. The lowest BCUT2D eigenvalue weighted by molar-refractivity contribution is -0.129. The summed E-state index contributed by atoms with van der Waals surface area (Å²) in [6.45, 7) is 0.333. The number of halogens is 1. The van der Waals surface area contributed by atoms with Crippen molar-refractivity contribution < 1.29 is 34.3 Å². The Hall–Kier alpha value is -3.76. The Morgan fingerprint density at radius 1 is 1.09 bits per heavy atom. The summed E-state index contributed by atoms with van der Waals surface area (Å²) in [7, 11) is 1.53. The molecule has 5 N–H and O–H groups in total. The summed E-state index contributed by atoms with van der Waals surface area (Å²) in [4.78, 5) is 24.0. The number of carbonyl (C=O) groups is 2. The number of hydroxylamine groups is 1. The van der Waals surface area contributed by atoms with Gasteiger partial charge in [-0.15, -0.1) is 0 Å². The molecule has 180 valence electrons. The summed E-state index contributed by atoms with van der Waals surface area (Å²) in [5.74, 6) is -0.836. The quantitative estimate of drug-likeness (QED) is 0.163. The molecular formula is C23H24ClN3O7. The SMILES string of the molecule is COc1ccc(-c2c(C(=O)NCCCCCC(=O)NO)noc2-c2cc(Cl)c(O)cc2O)cc1. The molecule has 0 radical (unpaired) electrons. The highest BCUT2D eigenvalue weighted by atomic mass is 35.5. The van der Waals surface area contributed by atoms with Crippen LogP contribution in [-0.2, 0) is 4.79 Å². The first kappa shape index (κ1) is 24.9. The van der Waals surface area contributed by atoms with E-state index in [1.807, 2.05) is 0 Å². The lowest BCUT2D eigenvalue weighted by Gasteiger charge is -2.09. The van der Waals surface area contributed by atoms with E-state index in [2.05, 4.69) is 10.5 Å². The maximum atomic E-state index is 12.9. The largest absolute Gasteiger partial charge is 0.507 e. The average Bonchev–Trinajstić information content (AvgIpc) is 3.28. The molecule has 0 aliphatic heterocycles. The number of unbranched alkanes of at least 4 members (excludes halogenated alkanes) is 2. The zero-order valence-electron chi connectivity index (χ0n) is 18.3. The topological polar surface area (TPSA) is 154 Å². The van der Waals surface area contributed by atoms with Gasteiger partial charge in [0, 0.05) is 19.0 Å². The number of aromatic hydroxyl groups is 2. The predicted octanol–water partition coefficient (Wildman–Crippen LogP) is 3.88. The van der Waals surface area contributed by atoms with Gasteiger partial charge >= 0.3 is 0 Å². The van der Waals surface area contributed by atoms with E-state index in [0.29, 0.717) is 42.7 Å². The van der Waals surface area contributed by atoms with Gasteiger partial charge in [0.05, 0.1) is 23.3 Å². The molecule has 11 heteroatoms. The van der Waals surface area contributed by atoms with Crippen molar-refractivity contribution in [1.29, 1.82) is 0 Å². The van der Waals surface area contributed by atoms with Gasteiger partial charge in [-0.05, 0) is 36.6 Å². The summed E-state index contributed by atoms with van der Waals surface area (Å²) >= 11 is 6.02. The van der Waals surface area contributed by atoms with E-state index >= 15 is 0 Å². The number of benzene rings is 2. The first-order valence-electron chi connectivity index (χ1n) is 10.4. The van der Waals surface area contributed by atoms with E-state index in [1.54, 1.807) is 29.7 Å². The van der Waals surface area contributed by atoms with Crippen LogP contribution in [0.15, 0.2) is 40.9 Å². The molecule has 0 atom stereocenters. The van der Waals surface area contributed by atoms with Crippen molar-refractivity contribution in [2.45, 2.75) is 25.7 Å². The van der Waals surface area contributed by atoms with E-state index in [-0.39, 0.29) is 40.0 Å². The van der Waals surface area contributed by atoms with Crippen LogP contribution in [0, 0.1) is 0 Å². The van der Waals surface area contributed by atoms with Crippen LogP contribution in [0.4, 0.5) is 0 Å². The molecule has 0 spiro atoms. The Morgan fingerprint density at radius 2 is 1.82 bits per heavy atom. The highest BCUT2D eigenvalue weighted by Crippen LogP contribution is 2.43. The number of hydrogen-bond donors (Lipinski definition) is 5. The summed E-state index contributed by atoms with van der Waals surface area (Å²) < 4.78 is 10.7. The number of rotatable bonds is 10. The molecule has 0 aliphatic rings. The Balaban J connectivity index is 1.87. The summed E-state index contributed by atoms with van der Waals surface area (Å²) in [5, 5.41) is 35.3. The summed E-state index contributed by atoms with van der Waals surface area (Å²) in [6, 6.07) is 9.26. The van der Waals surface area contributed by atoms with Crippen LogP contribution in [0.1, 0.15) is 36.2 Å². The molecule has 3 aromatic rings. The van der Waals surface area contributed by atoms with Crippen molar-refractivity contribution in [1.82, 2.24) is 16.0 Å². The molecule has 0 aliphatic carbocycles. The van der Waals surface area contributed by atoms with Crippen molar-refractivity contribution in [2.24, 2.45) is 0 Å². The third kappa shape index (κ3) is 5.77. The molecule has 0 fully saturated rings. The average molecular weight is 490 g/mol. The molecule has 1 aromatic heterocycles. The number of phenols is 2. The molecule has 0 saturated carbocycles. The first-order chi connectivity index (χ1) is 16.3. The predicted molar refractivity (Wildman–Crippen MR) is 123 cm³/mol. The van der Waals surface area contributed by atoms with E-state index in [4.69, 9.17) is 26.1 Å². The third-order valence-electron chi connectivity index (χ3n) is 5.09. The van der Waals surface area contributed by atoms with Crippen LogP contribution in [0.25, 0.3) is 22.5 Å². The van der Waals surface area contributed by atoms with E-state index in [0.717, 1.165) is 6.07 Å². The number of nitrogens with zero attached hydrogens (tertiary/aromatic N) is 1. The van der Waals surface area contributed by atoms with Crippen molar-refractivity contribution in [3.8, 4) is 39.7 Å². The minimum absolute atomic E-state index is 0.00317. The fourth-order valence-corrected chi connectivity index (χ4v) is 3.48. The zero-order chi connectivity index (χ0) is 24.7. The van der Waals surface area contributed by atoms with E-state index < -0.39 is 11.8 Å². The molecule has 0 bridgehead atoms. The molecule has 10 nitrogen and oxygen atoms in total.